The van der Waals surface area contributed by atoms with Crippen LogP contribution in [0.3, 0.4) is 0 Å². The molecule has 0 aliphatic heterocycles. The highest BCUT2D eigenvalue weighted by molar-refractivity contribution is 5.75. The normalized spacial score (nSPS) is 8.00. The summed E-state index contributed by atoms with van der Waals surface area (Å²) in [5.41, 5.74) is 6.28. The molecule has 0 aromatic heterocycles. The van der Waals surface area contributed by atoms with Crippen molar-refractivity contribution in [3.8, 4) is 0 Å². The highest BCUT2D eigenvalue weighted by Crippen LogP contribution is 1.79. The van der Waals surface area contributed by atoms with E-state index in [1.807, 2.05) is 0 Å². The van der Waals surface area contributed by atoms with Crippen LogP contribution >= 0.6 is 0 Å². The summed E-state index contributed by atoms with van der Waals surface area (Å²) >= 11 is 0. The Kier molecular flexibility index (Phi) is 2.92. The van der Waals surface area contributed by atoms with Gasteiger partial charge in [-0.1, -0.05) is 0 Å². The second-order valence-electron chi connectivity index (χ2n) is 1.13. The van der Waals surface area contributed by atoms with E-state index in [1.165, 1.54) is 0 Å². The summed E-state index contributed by atoms with van der Waals surface area (Å²) < 4.78 is 0. The maximum absolute atomic E-state index is 9.71. The van der Waals surface area contributed by atoms with Gasteiger partial charge in [-0.3, -0.25) is 10.5 Å². The van der Waals surface area contributed by atoms with Crippen LogP contribution in [0.2, 0.25) is 0 Å². The molecule has 1 amide bonds. The average Bonchev–Trinajstić information content (AvgIpc) is 1.61. The van der Waals surface area contributed by atoms with Crippen LogP contribution in [0.5, 0.6) is 0 Å². The molecular formula is C4H6NO2. The van der Waals surface area contributed by atoms with Crippen LogP contribution < -0.4 is 5.73 Å². The third kappa shape index (κ3) is 5.14. The van der Waals surface area contributed by atoms with Gasteiger partial charge < -0.3 is 4.79 Å². The molecule has 0 saturated heterocycles. The van der Waals surface area contributed by atoms with E-state index in [0.29, 0.717) is 6.29 Å². The lowest BCUT2D eigenvalue weighted by molar-refractivity contribution is -0.120. The zero-order valence-electron chi connectivity index (χ0n) is 3.81. The Bertz CT molecular complexity index is 79.8. The van der Waals surface area contributed by atoms with Crippen molar-refractivity contribution in [2.24, 2.45) is 0 Å². The van der Waals surface area contributed by atoms with Crippen molar-refractivity contribution in [2.75, 3.05) is 0 Å². The van der Waals surface area contributed by atoms with E-state index in [1.54, 1.807) is 0 Å². The van der Waals surface area contributed by atoms with E-state index < -0.39 is 5.91 Å². The summed E-state index contributed by atoms with van der Waals surface area (Å²) in [7, 11) is 0. The van der Waals surface area contributed by atoms with E-state index in [-0.39, 0.29) is 12.8 Å². The van der Waals surface area contributed by atoms with Crippen LogP contribution in [-0.4, -0.2) is 12.2 Å². The van der Waals surface area contributed by atoms with Crippen LogP contribution in [-0.2, 0) is 9.59 Å². The monoisotopic (exact) mass is 100 g/mol. The van der Waals surface area contributed by atoms with Crippen molar-refractivity contribution in [1.29, 1.82) is 0 Å². The SMILES string of the molecule is [NH]C(=O)CCC=O. The second kappa shape index (κ2) is 3.33. The Balaban J connectivity index is 2.97. The maximum atomic E-state index is 9.71. The molecule has 0 bridgehead atoms. The van der Waals surface area contributed by atoms with Gasteiger partial charge in [0.25, 0.3) is 0 Å². The van der Waals surface area contributed by atoms with Crippen LogP contribution in [0.4, 0.5) is 0 Å². The van der Waals surface area contributed by atoms with Gasteiger partial charge >= 0.3 is 0 Å². The van der Waals surface area contributed by atoms with Crippen LogP contribution in [0, 0.1) is 0 Å². The molecule has 39 valence electrons. The minimum absolute atomic E-state index is 0.0590. The number of rotatable bonds is 3. The summed E-state index contributed by atoms with van der Waals surface area (Å²) in [6.45, 7) is 0. The first-order valence-corrected chi connectivity index (χ1v) is 1.95. The summed E-state index contributed by atoms with van der Waals surface area (Å²) in [6, 6.07) is 0. The molecule has 1 radical (unpaired) electrons. The Hall–Kier alpha value is -0.860. The molecule has 0 aliphatic rings. The van der Waals surface area contributed by atoms with Crippen molar-refractivity contribution in [3.63, 3.8) is 0 Å². The molecular weight excluding hydrogens is 94.0 g/mol. The standard InChI is InChI=1S/C4H6NO2/c5-4(7)2-1-3-6/h3,5H,1-2H2. The minimum Gasteiger partial charge on any atom is -0.303 e. The number of nitrogens with one attached hydrogen (secondary N) is 1. The van der Waals surface area contributed by atoms with E-state index in [0.717, 1.165) is 0 Å². The zero-order valence-corrected chi connectivity index (χ0v) is 3.81. The lowest BCUT2D eigenvalue weighted by atomic mass is 10.3. The summed E-state index contributed by atoms with van der Waals surface area (Å²) in [5.74, 6) is -0.674. The van der Waals surface area contributed by atoms with Gasteiger partial charge in [0.1, 0.15) is 6.29 Å². The van der Waals surface area contributed by atoms with Gasteiger partial charge in [0, 0.05) is 12.8 Å². The summed E-state index contributed by atoms with van der Waals surface area (Å²) in [4.78, 5) is 19.2. The second-order valence-corrected chi connectivity index (χ2v) is 1.13. The predicted molar refractivity (Wildman–Crippen MR) is 23.4 cm³/mol. The average molecular weight is 100 g/mol. The fourth-order valence-corrected chi connectivity index (χ4v) is 0.190. The number of hydrogen-bond acceptors (Lipinski definition) is 2. The molecule has 0 atom stereocenters. The molecule has 0 aromatic carbocycles. The van der Waals surface area contributed by atoms with Crippen LogP contribution in [0.25, 0.3) is 0 Å². The number of carbonyl (C=O) groups is 2. The molecule has 0 aromatic rings. The van der Waals surface area contributed by atoms with E-state index in [4.69, 9.17) is 5.73 Å². The van der Waals surface area contributed by atoms with Gasteiger partial charge in [0.15, 0.2) is 0 Å². The summed E-state index contributed by atoms with van der Waals surface area (Å²) in [6.07, 6.45) is 0.873. The molecule has 3 heteroatoms. The third-order valence-electron chi connectivity index (χ3n) is 0.489. The maximum Gasteiger partial charge on any atom is 0.238 e. The van der Waals surface area contributed by atoms with Crippen molar-refractivity contribution < 1.29 is 9.59 Å². The first-order valence-electron chi connectivity index (χ1n) is 1.95. The van der Waals surface area contributed by atoms with Crippen LogP contribution in [0.15, 0.2) is 0 Å². The molecule has 0 unspecified atom stereocenters. The molecule has 7 heavy (non-hydrogen) atoms. The molecule has 0 aliphatic carbocycles. The molecule has 0 saturated carbocycles. The zero-order chi connectivity index (χ0) is 5.70. The largest absolute Gasteiger partial charge is 0.303 e. The van der Waals surface area contributed by atoms with Gasteiger partial charge in [-0.2, -0.15) is 0 Å². The Morgan fingerprint density at radius 3 is 2.43 bits per heavy atom. The van der Waals surface area contributed by atoms with Gasteiger partial charge in [-0.15, -0.1) is 0 Å². The number of hydrogen-bond donors (Lipinski definition) is 0. The predicted octanol–water partition coefficient (Wildman–Crippen LogP) is -0.225. The Labute approximate surface area is 41.5 Å². The molecule has 0 spiro atoms. The van der Waals surface area contributed by atoms with Crippen molar-refractivity contribution >= 4 is 12.2 Å². The smallest absolute Gasteiger partial charge is 0.238 e. The lowest BCUT2D eigenvalue weighted by Gasteiger charge is -1.79. The van der Waals surface area contributed by atoms with E-state index in [2.05, 4.69) is 0 Å². The van der Waals surface area contributed by atoms with Gasteiger partial charge in [-0.05, 0) is 0 Å². The Morgan fingerprint density at radius 1 is 1.71 bits per heavy atom. The molecule has 0 heterocycles. The van der Waals surface area contributed by atoms with E-state index >= 15 is 0 Å². The number of carbonyl (C=O) groups excluding carboxylic acids is 2. The molecule has 0 fully saturated rings. The quantitative estimate of drug-likeness (QED) is 0.460. The first-order chi connectivity index (χ1) is 3.27. The highest BCUT2D eigenvalue weighted by atomic mass is 16.1. The van der Waals surface area contributed by atoms with E-state index in [9.17, 15) is 9.59 Å². The van der Waals surface area contributed by atoms with Crippen molar-refractivity contribution in [1.82, 2.24) is 5.73 Å². The molecule has 0 rings (SSSR count). The lowest BCUT2D eigenvalue weighted by Crippen LogP contribution is -1.96. The first kappa shape index (κ1) is 6.14. The van der Waals surface area contributed by atoms with Gasteiger partial charge in [0.05, 0.1) is 0 Å². The molecule has 1 N–H and O–H groups in total. The summed E-state index contributed by atoms with van der Waals surface area (Å²) in [5, 5.41) is 0. The van der Waals surface area contributed by atoms with Crippen molar-refractivity contribution in [3.05, 3.63) is 0 Å². The minimum atomic E-state index is -0.674. The highest BCUT2D eigenvalue weighted by Gasteiger charge is 1.89. The van der Waals surface area contributed by atoms with Crippen LogP contribution in [0.1, 0.15) is 12.8 Å². The molecule has 3 nitrogen and oxygen atoms in total. The van der Waals surface area contributed by atoms with Crippen molar-refractivity contribution in [2.45, 2.75) is 12.8 Å². The Morgan fingerprint density at radius 2 is 2.29 bits per heavy atom. The fourth-order valence-electron chi connectivity index (χ4n) is 0.190. The number of aldehydes is 1. The van der Waals surface area contributed by atoms with Gasteiger partial charge in [0.2, 0.25) is 5.91 Å². The fraction of sp³-hybridized carbons (Fsp3) is 0.500. The topological polar surface area (TPSA) is 57.9 Å². The van der Waals surface area contributed by atoms with Gasteiger partial charge in [-0.25, -0.2) is 0 Å². The number of amides is 1. The third-order valence-corrected chi connectivity index (χ3v) is 0.489.